The standard InChI is InChI=1S/C18H27BN2O4/c1-6-23-16(22)14-10-12(7-8-15(14)21)9-13(11-20)19-24-17(2,3)18(4,5)25-19/h7-10H,6,11,20-21H2,1-5H3. The summed E-state index contributed by atoms with van der Waals surface area (Å²) in [6.45, 7) is 10.3. The third-order valence-electron chi connectivity index (χ3n) is 4.72. The molecule has 0 bridgehead atoms. The van der Waals surface area contributed by atoms with Gasteiger partial charge in [0.15, 0.2) is 0 Å². The first-order valence-electron chi connectivity index (χ1n) is 8.44. The fraction of sp³-hybridized carbons (Fsp3) is 0.500. The number of hydrogen-bond acceptors (Lipinski definition) is 6. The zero-order valence-electron chi connectivity index (χ0n) is 15.6. The van der Waals surface area contributed by atoms with Crippen LogP contribution in [0.25, 0.3) is 6.08 Å². The number of benzene rings is 1. The highest BCUT2D eigenvalue weighted by atomic mass is 16.7. The van der Waals surface area contributed by atoms with E-state index in [4.69, 9.17) is 25.5 Å². The van der Waals surface area contributed by atoms with Crippen LogP contribution in [-0.2, 0) is 14.0 Å². The Kier molecular flexibility index (Phi) is 5.61. The van der Waals surface area contributed by atoms with Gasteiger partial charge in [-0.15, -0.1) is 0 Å². The molecule has 1 aromatic rings. The topological polar surface area (TPSA) is 96.8 Å². The Morgan fingerprint density at radius 3 is 2.36 bits per heavy atom. The van der Waals surface area contributed by atoms with Crippen molar-refractivity contribution in [3.63, 3.8) is 0 Å². The summed E-state index contributed by atoms with van der Waals surface area (Å²) < 4.78 is 17.1. The summed E-state index contributed by atoms with van der Waals surface area (Å²) in [7, 11) is -0.529. The lowest BCUT2D eigenvalue weighted by atomic mass is 9.77. The molecular weight excluding hydrogens is 319 g/mol. The van der Waals surface area contributed by atoms with Gasteiger partial charge in [0, 0.05) is 12.2 Å². The molecule has 0 spiro atoms. The lowest BCUT2D eigenvalue weighted by Gasteiger charge is -2.32. The van der Waals surface area contributed by atoms with E-state index < -0.39 is 24.3 Å². The van der Waals surface area contributed by atoms with Crippen molar-refractivity contribution >= 4 is 24.9 Å². The maximum Gasteiger partial charge on any atom is 0.491 e. The predicted molar refractivity (Wildman–Crippen MR) is 99.9 cm³/mol. The van der Waals surface area contributed by atoms with Crippen LogP contribution in [0.1, 0.15) is 50.5 Å². The van der Waals surface area contributed by atoms with Crippen LogP contribution in [0.5, 0.6) is 0 Å². The van der Waals surface area contributed by atoms with E-state index in [9.17, 15) is 4.79 Å². The van der Waals surface area contributed by atoms with Crippen molar-refractivity contribution < 1.29 is 18.8 Å². The summed E-state index contributed by atoms with van der Waals surface area (Å²) in [6, 6.07) is 5.18. The minimum atomic E-state index is -0.529. The highest BCUT2D eigenvalue weighted by Crippen LogP contribution is 2.38. The zero-order valence-corrected chi connectivity index (χ0v) is 15.6. The van der Waals surface area contributed by atoms with Gasteiger partial charge >= 0.3 is 13.1 Å². The number of ether oxygens (including phenoxy) is 1. The Labute approximate surface area is 149 Å². The average molecular weight is 346 g/mol. The minimum Gasteiger partial charge on any atom is -0.462 e. The van der Waals surface area contributed by atoms with Gasteiger partial charge in [-0.2, -0.15) is 0 Å². The monoisotopic (exact) mass is 346 g/mol. The van der Waals surface area contributed by atoms with E-state index in [0.717, 1.165) is 11.0 Å². The summed E-state index contributed by atoms with van der Waals surface area (Å²) in [5.74, 6) is -0.444. The number of nitrogens with two attached hydrogens (primary N) is 2. The van der Waals surface area contributed by atoms with Crippen molar-refractivity contribution in [3.8, 4) is 0 Å². The lowest BCUT2D eigenvalue weighted by molar-refractivity contribution is 0.00578. The molecule has 136 valence electrons. The number of carbonyl (C=O) groups is 1. The van der Waals surface area contributed by atoms with Gasteiger partial charge < -0.3 is 25.5 Å². The third kappa shape index (κ3) is 4.06. The van der Waals surface area contributed by atoms with E-state index in [1.54, 1.807) is 19.1 Å². The summed E-state index contributed by atoms with van der Waals surface area (Å²) in [5, 5.41) is 0. The van der Waals surface area contributed by atoms with Gasteiger partial charge in [0.25, 0.3) is 0 Å². The Bertz CT molecular complexity index is 670. The van der Waals surface area contributed by atoms with Gasteiger partial charge in [0.2, 0.25) is 0 Å². The summed E-state index contributed by atoms with van der Waals surface area (Å²) in [4.78, 5) is 12.0. The molecule has 0 saturated carbocycles. The van der Waals surface area contributed by atoms with Crippen LogP contribution in [-0.4, -0.2) is 37.4 Å². The number of esters is 1. The maximum absolute atomic E-state index is 12.0. The Morgan fingerprint density at radius 1 is 1.24 bits per heavy atom. The fourth-order valence-corrected chi connectivity index (χ4v) is 2.48. The molecule has 0 aliphatic carbocycles. The van der Waals surface area contributed by atoms with Crippen LogP contribution in [0.3, 0.4) is 0 Å². The van der Waals surface area contributed by atoms with E-state index in [1.807, 2.05) is 39.8 Å². The van der Waals surface area contributed by atoms with Crippen molar-refractivity contribution in [1.29, 1.82) is 0 Å². The molecule has 25 heavy (non-hydrogen) atoms. The maximum atomic E-state index is 12.0. The van der Waals surface area contributed by atoms with Crippen LogP contribution in [0.2, 0.25) is 0 Å². The van der Waals surface area contributed by atoms with Crippen LogP contribution in [0.15, 0.2) is 23.7 Å². The van der Waals surface area contributed by atoms with Gasteiger partial charge in [-0.1, -0.05) is 12.1 Å². The first kappa shape index (κ1) is 19.5. The number of carbonyl (C=O) groups excluding carboxylic acids is 1. The smallest absolute Gasteiger partial charge is 0.462 e. The second kappa shape index (κ2) is 7.19. The number of rotatable bonds is 5. The largest absolute Gasteiger partial charge is 0.491 e. The average Bonchev–Trinajstić information content (AvgIpc) is 2.74. The highest BCUT2D eigenvalue weighted by molar-refractivity contribution is 6.55. The van der Waals surface area contributed by atoms with E-state index in [0.29, 0.717) is 17.9 Å². The van der Waals surface area contributed by atoms with Gasteiger partial charge in [0.05, 0.1) is 23.4 Å². The second-order valence-corrected chi connectivity index (χ2v) is 7.08. The fourth-order valence-electron chi connectivity index (χ4n) is 2.48. The van der Waals surface area contributed by atoms with Crippen molar-refractivity contribution in [2.75, 3.05) is 18.9 Å². The van der Waals surface area contributed by atoms with E-state index in [-0.39, 0.29) is 6.54 Å². The van der Waals surface area contributed by atoms with Crippen molar-refractivity contribution in [1.82, 2.24) is 0 Å². The molecule has 1 heterocycles. The van der Waals surface area contributed by atoms with E-state index >= 15 is 0 Å². The normalized spacial score (nSPS) is 19.1. The first-order valence-corrected chi connectivity index (χ1v) is 8.44. The molecule has 0 radical (unpaired) electrons. The van der Waals surface area contributed by atoms with E-state index in [2.05, 4.69) is 0 Å². The number of nitrogen functional groups attached to an aromatic ring is 1. The molecule has 4 N–H and O–H groups in total. The van der Waals surface area contributed by atoms with Crippen molar-refractivity contribution in [2.24, 2.45) is 5.73 Å². The molecule has 2 rings (SSSR count). The molecule has 1 fully saturated rings. The van der Waals surface area contributed by atoms with Crippen LogP contribution in [0, 0.1) is 0 Å². The zero-order chi connectivity index (χ0) is 18.8. The Morgan fingerprint density at radius 2 is 1.84 bits per heavy atom. The molecule has 0 atom stereocenters. The Hall–Kier alpha value is -1.83. The first-order chi connectivity index (χ1) is 11.6. The van der Waals surface area contributed by atoms with Gasteiger partial charge in [-0.05, 0) is 57.8 Å². The lowest BCUT2D eigenvalue weighted by Crippen LogP contribution is -2.41. The van der Waals surface area contributed by atoms with Crippen LogP contribution in [0.4, 0.5) is 5.69 Å². The number of hydrogen-bond donors (Lipinski definition) is 2. The van der Waals surface area contributed by atoms with Crippen molar-refractivity contribution in [3.05, 3.63) is 34.8 Å². The highest BCUT2D eigenvalue weighted by Gasteiger charge is 2.52. The molecule has 1 saturated heterocycles. The molecule has 6 nitrogen and oxygen atoms in total. The molecule has 0 aromatic heterocycles. The molecule has 0 amide bonds. The van der Waals surface area contributed by atoms with E-state index in [1.165, 1.54) is 0 Å². The minimum absolute atomic E-state index is 0.274. The molecule has 7 heteroatoms. The van der Waals surface area contributed by atoms with Gasteiger partial charge in [0.1, 0.15) is 0 Å². The predicted octanol–water partition coefficient (Wildman–Crippen LogP) is 2.42. The summed E-state index contributed by atoms with van der Waals surface area (Å²) in [6.07, 6.45) is 1.87. The molecule has 1 aromatic carbocycles. The molecule has 1 aliphatic heterocycles. The van der Waals surface area contributed by atoms with Crippen molar-refractivity contribution in [2.45, 2.75) is 45.8 Å². The van der Waals surface area contributed by atoms with Gasteiger partial charge in [-0.25, -0.2) is 4.79 Å². The quantitative estimate of drug-likeness (QED) is 0.483. The SMILES string of the molecule is CCOC(=O)c1cc(C=C(CN)B2OC(C)(C)C(C)(C)O2)ccc1N. The molecule has 1 aliphatic rings. The van der Waals surface area contributed by atoms with Crippen LogP contribution >= 0.6 is 0 Å². The summed E-state index contributed by atoms with van der Waals surface area (Å²) >= 11 is 0. The summed E-state index contributed by atoms with van der Waals surface area (Å²) in [5.41, 5.74) is 13.2. The van der Waals surface area contributed by atoms with Gasteiger partial charge in [-0.3, -0.25) is 0 Å². The molecular formula is C18H27BN2O4. The third-order valence-corrected chi connectivity index (χ3v) is 4.72. The van der Waals surface area contributed by atoms with Crippen LogP contribution < -0.4 is 11.5 Å². The second-order valence-electron chi connectivity index (χ2n) is 7.08. The molecule has 0 unspecified atom stereocenters. The Balaban J connectivity index is 2.32. The number of anilines is 1.